The van der Waals surface area contributed by atoms with Gasteiger partial charge in [0.15, 0.2) is 0 Å². The van der Waals surface area contributed by atoms with E-state index in [2.05, 4.69) is 0 Å². The molecular formula is C6H13NO5P+. The highest BCUT2D eigenvalue weighted by Gasteiger charge is 2.13. The molecule has 0 aromatic heterocycles. The van der Waals surface area contributed by atoms with Gasteiger partial charge >= 0.3 is 14.3 Å². The first kappa shape index (κ1) is 12.3. The standard InChI is InChI=1S/C6H11NO2.HO3P/c8-6(9)7-4-2-1-3-5-7;1-4(2)3/h1-5H2,(H,8,9);(H-,1,2,3)/p+1. The van der Waals surface area contributed by atoms with E-state index in [0.29, 0.717) is 0 Å². The van der Waals surface area contributed by atoms with Crippen molar-refractivity contribution in [2.75, 3.05) is 13.1 Å². The Balaban J connectivity index is 0.000000310. The maximum Gasteiger partial charge on any atom is 0.692 e. The molecule has 1 fully saturated rings. The molecule has 0 aliphatic carbocycles. The number of hydrogen-bond acceptors (Lipinski definition) is 2. The van der Waals surface area contributed by atoms with Gasteiger partial charge in [-0.05, 0) is 19.3 Å². The summed E-state index contributed by atoms with van der Waals surface area (Å²) in [6.07, 6.45) is 2.48. The number of carboxylic acid groups (broad SMARTS) is 1. The molecule has 76 valence electrons. The van der Waals surface area contributed by atoms with Crippen molar-refractivity contribution in [3.05, 3.63) is 0 Å². The number of hydrogen-bond donors (Lipinski definition) is 3. The summed E-state index contributed by atoms with van der Waals surface area (Å²) in [6, 6.07) is 0. The van der Waals surface area contributed by atoms with Crippen LogP contribution in [0.2, 0.25) is 0 Å². The minimum atomic E-state index is -2.87. The Morgan fingerprint density at radius 1 is 1.15 bits per heavy atom. The largest absolute Gasteiger partial charge is 0.692 e. The van der Waals surface area contributed by atoms with Crippen LogP contribution in [0.25, 0.3) is 0 Å². The van der Waals surface area contributed by atoms with Gasteiger partial charge < -0.3 is 10.0 Å². The van der Waals surface area contributed by atoms with Gasteiger partial charge in [-0.25, -0.2) is 4.79 Å². The molecule has 3 N–H and O–H groups in total. The predicted molar refractivity (Wildman–Crippen MR) is 45.5 cm³/mol. The van der Waals surface area contributed by atoms with E-state index in [9.17, 15) is 4.79 Å². The highest BCUT2D eigenvalue weighted by Crippen LogP contribution is 2.07. The Morgan fingerprint density at radius 2 is 1.54 bits per heavy atom. The molecule has 7 heteroatoms. The van der Waals surface area contributed by atoms with Crippen LogP contribution >= 0.6 is 8.25 Å². The quantitative estimate of drug-likeness (QED) is 0.513. The van der Waals surface area contributed by atoms with E-state index in [-0.39, 0.29) is 0 Å². The molecule has 1 aliphatic rings. The van der Waals surface area contributed by atoms with Crippen molar-refractivity contribution in [3.63, 3.8) is 0 Å². The lowest BCUT2D eigenvalue weighted by molar-refractivity contribution is 0.136. The molecule has 1 aliphatic heterocycles. The van der Waals surface area contributed by atoms with Crippen molar-refractivity contribution in [1.29, 1.82) is 0 Å². The highest BCUT2D eigenvalue weighted by atomic mass is 31.1. The van der Waals surface area contributed by atoms with Crippen LogP contribution in [0.4, 0.5) is 4.79 Å². The molecule has 13 heavy (non-hydrogen) atoms. The van der Waals surface area contributed by atoms with Gasteiger partial charge in [0.25, 0.3) is 0 Å². The number of nitrogens with zero attached hydrogens (tertiary/aromatic N) is 1. The lowest BCUT2D eigenvalue weighted by Crippen LogP contribution is -2.34. The van der Waals surface area contributed by atoms with E-state index in [1.54, 1.807) is 0 Å². The summed E-state index contributed by atoms with van der Waals surface area (Å²) in [5.74, 6) is 0. The van der Waals surface area contributed by atoms with Crippen LogP contribution in [0.3, 0.4) is 0 Å². The van der Waals surface area contributed by atoms with Crippen LogP contribution in [0.1, 0.15) is 19.3 Å². The van der Waals surface area contributed by atoms with Crippen molar-refractivity contribution in [2.45, 2.75) is 19.3 Å². The monoisotopic (exact) mass is 210 g/mol. The van der Waals surface area contributed by atoms with Gasteiger partial charge in [-0.3, -0.25) is 0 Å². The van der Waals surface area contributed by atoms with Gasteiger partial charge in [0.1, 0.15) is 0 Å². The zero-order valence-electron chi connectivity index (χ0n) is 7.09. The predicted octanol–water partition coefficient (Wildman–Crippen LogP) is 0.779. The van der Waals surface area contributed by atoms with E-state index in [0.717, 1.165) is 25.9 Å². The van der Waals surface area contributed by atoms with Crippen LogP contribution in [0, 0.1) is 0 Å². The fourth-order valence-electron chi connectivity index (χ4n) is 1.09. The van der Waals surface area contributed by atoms with Crippen LogP contribution in [0.15, 0.2) is 0 Å². The fraction of sp³-hybridized carbons (Fsp3) is 0.833. The van der Waals surface area contributed by atoms with Gasteiger partial charge in [0, 0.05) is 17.7 Å². The molecule has 0 atom stereocenters. The van der Waals surface area contributed by atoms with E-state index >= 15 is 0 Å². The molecule has 1 saturated heterocycles. The summed E-state index contributed by atoms with van der Waals surface area (Å²) in [6.45, 7) is 1.46. The molecule has 1 heterocycles. The third-order valence-electron chi connectivity index (χ3n) is 1.63. The minimum Gasteiger partial charge on any atom is -0.465 e. The molecule has 0 aromatic carbocycles. The van der Waals surface area contributed by atoms with Gasteiger partial charge in [0.05, 0.1) is 0 Å². The molecule has 0 saturated carbocycles. The van der Waals surface area contributed by atoms with Crippen molar-refractivity contribution < 1.29 is 24.3 Å². The van der Waals surface area contributed by atoms with Crippen LogP contribution in [-0.4, -0.2) is 39.0 Å². The topological polar surface area (TPSA) is 98.1 Å². The summed E-state index contributed by atoms with van der Waals surface area (Å²) in [5.41, 5.74) is 0. The van der Waals surface area contributed by atoms with E-state index < -0.39 is 14.3 Å². The van der Waals surface area contributed by atoms with Crippen LogP contribution in [0.5, 0.6) is 0 Å². The lowest BCUT2D eigenvalue weighted by atomic mass is 10.1. The van der Waals surface area contributed by atoms with Gasteiger partial charge in [-0.2, -0.15) is 0 Å². The second kappa shape index (κ2) is 6.77. The van der Waals surface area contributed by atoms with E-state index in [4.69, 9.17) is 19.5 Å². The van der Waals surface area contributed by atoms with Crippen molar-refractivity contribution in [3.8, 4) is 0 Å². The second-order valence-corrected chi connectivity index (χ2v) is 3.09. The first-order chi connectivity index (χ1) is 6.04. The fourth-order valence-corrected chi connectivity index (χ4v) is 1.09. The zero-order valence-corrected chi connectivity index (χ0v) is 7.98. The Hall–Kier alpha value is -0.710. The van der Waals surface area contributed by atoms with E-state index in [1.165, 1.54) is 11.3 Å². The van der Waals surface area contributed by atoms with Crippen molar-refractivity contribution in [2.24, 2.45) is 0 Å². The first-order valence-corrected chi connectivity index (χ1v) is 5.03. The third kappa shape index (κ3) is 7.64. The summed E-state index contributed by atoms with van der Waals surface area (Å²) >= 11 is 0. The first-order valence-electron chi connectivity index (χ1n) is 3.87. The molecule has 0 unspecified atom stereocenters. The molecule has 1 amide bonds. The van der Waals surface area contributed by atoms with Gasteiger partial charge in [-0.15, -0.1) is 9.79 Å². The normalized spacial score (nSPS) is 15.7. The van der Waals surface area contributed by atoms with E-state index in [1.807, 2.05) is 0 Å². The molecule has 0 aromatic rings. The van der Waals surface area contributed by atoms with Crippen LogP contribution in [-0.2, 0) is 4.57 Å². The summed E-state index contributed by atoms with van der Waals surface area (Å²) in [4.78, 5) is 26.0. The molecule has 1 rings (SSSR count). The average molecular weight is 210 g/mol. The third-order valence-corrected chi connectivity index (χ3v) is 1.63. The Morgan fingerprint density at radius 3 is 1.77 bits per heavy atom. The Bertz CT molecular complexity index is 176. The molecular weight excluding hydrogens is 197 g/mol. The number of piperidine rings is 1. The average Bonchev–Trinajstić information content (AvgIpc) is 2.05. The molecule has 0 bridgehead atoms. The summed E-state index contributed by atoms with van der Waals surface area (Å²) in [7, 11) is -2.87. The smallest absolute Gasteiger partial charge is 0.465 e. The molecule has 0 spiro atoms. The number of carbonyl (C=O) groups is 1. The molecule has 6 nitrogen and oxygen atoms in total. The maximum atomic E-state index is 10.3. The SMILES string of the molecule is O=C(O)N1CCCCC1.O=[P+](O)O. The van der Waals surface area contributed by atoms with Crippen LogP contribution < -0.4 is 0 Å². The molecule has 0 radical (unpaired) electrons. The second-order valence-electron chi connectivity index (χ2n) is 2.58. The number of likely N-dealkylation sites (tertiary alicyclic amines) is 1. The van der Waals surface area contributed by atoms with Crippen molar-refractivity contribution in [1.82, 2.24) is 4.90 Å². The van der Waals surface area contributed by atoms with Gasteiger partial charge in [-0.1, -0.05) is 0 Å². The Kier molecular flexibility index (Phi) is 6.40. The minimum absolute atomic E-state index is 0.731. The Labute approximate surface area is 76.7 Å². The maximum absolute atomic E-state index is 10.3. The summed E-state index contributed by atoms with van der Waals surface area (Å²) < 4.78 is 8.70. The zero-order chi connectivity index (χ0) is 10.3. The van der Waals surface area contributed by atoms with Crippen molar-refractivity contribution >= 4 is 14.3 Å². The highest BCUT2D eigenvalue weighted by molar-refractivity contribution is 7.30. The lowest BCUT2D eigenvalue weighted by Gasteiger charge is -2.22. The summed E-state index contributed by atoms with van der Waals surface area (Å²) in [5, 5.41) is 8.46. The van der Waals surface area contributed by atoms with Gasteiger partial charge in [0.2, 0.25) is 0 Å². The number of rotatable bonds is 0. The number of amides is 1.